The summed E-state index contributed by atoms with van der Waals surface area (Å²) in [5, 5.41) is 10.6. The summed E-state index contributed by atoms with van der Waals surface area (Å²) in [7, 11) is 1.57. The van der Waals surface area contributed by atoms with E-state index in [4.69, 9.17) is 14.2 Å². The highest BCUT2D eigenvalue weighted by atomic mass is 19.1. The molecule has 0 radical (unpaired) electrons. The quantitative estimate of drug-likeness (QED) is 0.356. The molecule has 234 valence electrons. The Hall–Kier alpha value is -4.90. The molecule has 0 unspecified atom stereocenters. The summed E-state index contributed by atoms with van der Waals surface area (Å²) in [5.41, 5.74) is 3.40. The molecular weight excluding hydrogens is 577 g/mol. The summed E-state index contributed by atoms with van der Waals surface area (Å²) < 4.78 is 34.3. The maximum atomic E-state index is 14.7. The first-order valence-corrected chi connectivity index (χ1v) is 15.1. The second-order valence-electron chi connectivity index (χ2n) is 11.2. The maximum absolute atomic E-state index is 14.7. The van der Waals surface area contributed by atoms with Crippen LogP contribution in [0.15, 0.2) is 72.9 Å². The first-order chi connectivity index (χ1) is 21.9. The number of fused-ring (bicyclic) bond motifs is 8. The molecule has 4 aromatic rings. The molecule has 1 aromatic heterocycles. The van der Waals surface area contributed by atoms with Crippen LogP contribution >= 0.6 is 0 Å². The predicted molar refractivity (Wildman–Crippen MR) is 166 cm³/mol. The number of likely N-dealkylation sites (tertiary alicyclic amines) is 1. The summed E-state index contributed by atoms with van der Waals surface area (Å²) in [6.07, 6.45) is 2.13. The van der Waals surface area contributed by atoms with Crippen LogP contribution in [0, 0.1) is 5.82 Å². The average Bonchev–Trinajstić information content (AvgIpc) is 3.50. The van der Waals surface area contributed by atoms with Crippen molar-refractivity contribution in [3.8, 4) is 28.4 Å². The van der Waals surface area contributed by atoms with Crippen LogP contribution in [-0.4, -0.2) is 65.4 Å². The van der Waals surface area contributed by atoms with Gasteiger partial charge in [0.05, 0.1) is 18.8 Å². The van der Waals surface area contributed by atoms with Gasteiger partial charge in [-0.2, -0.15) is 5.10 Å². The first kappa shape index (κ1) is 30.1. The Balaban J connectivity index is 1.34. The molecule has 2 atom stereocenters. The number of amides is 2. The highest BCUT2D eigenvalue weighted by Crippen LogP contribution is 2.33. The second kappa shape index (κ2) is 13.4. The van der Waals surface area contributed by atoms with Gasteiger partial charge in [-0.1, -0.05) is 12.1 Å². The Morgan fingerprint density at radius 2 is 1.93 bits per heavy atom. The Morgan fingerprint density at radius 3 is 2.76 bits per heavy atom. The molecule has 11 heteroatoms. The minimum absolute atomic E-state index is 0.0996. The van der Waals surface area contributed by atoms with Gasteiger partial charge in [0.2, 0.25) is 0 Å². The number of halogens is 1. The second-order valence-corrected chi connectivity index (χ2v) is 11.2. The molecule has 3 aromatic carbocycles. The van der Waals surface area contributed by atoms with Crippen LogP contribution in [0.2, 0.25) is 0 Å². The van der Waals surface area contributed by atoms with Crippen molar-refractivity contribution >= 4 is 11.8 Å². The number of hydrogen-bond acceptors (Lipinski definition) is 7. The van der Waals surface area contributed by atoms with E-state index in [-0.39, 0.29) is 25.0 Å². The van der Waals surface area contributed by atoms with Crippen LogP contribution < -0.4 is 24.8 Å². The Morgan fingerprint density at radius 1 is 1.04 bits per heavy atom. The predicted octanol–water partition coefficient (Wildman–Crippen LogP) is 4.18. The molecular formula is C34H36FN5O5. The molecule has 3 heterocycles. The molecule has 0 aliphatic carbocycles. The van der Waals surface area contributed by atoms with E-state index in [9.17, 15) is 14.0 Å². The number of nitrogens with one attached hydrogen (secondary N) is 2. The molecule has 6 rings (SSSR count). The zero-order valence-corrected chi connectivity index (χ0v) is 25.3. The highest BCUT2D eigenvalue weighted by Gasteiger charge is 2.33. The van der Waals surface area contributed by atoms with Gasteiger partial charge in [-0.15, -0.1) is 0 Å². The summed E-state index contributed by atoms with van der Waals surface area (Å²) in [5.74, 6) is 0.296. The third kappa shape index (κ3) is 7.26. The van der Waals surface area contributed by atoms with Crippen molar-refractivity contribution < 1.29 is 28.2 Å². The minimum atomic E-state index is -0.481. The molecule has 0 saturated carbocycles. The third-order valence-corrected chi connectivity index (χ3v) is 8.04. The molecule has 2 amide bonds. The maximum Gasteiger partial charge on any atom is 0.258 e. The fraction of sp³-hybridized carbons (Fsp3) is 0.324. The highest BCUT2D eigenvalue weighted by molar-refractivity contribution is 5.96. The number of methoxy groups -OCH3 is 1. The molecule has 2 aliphatic heterocycles. The van der Waals surface area contributed by atoms with Gasteiger partial charge in [0, 0.05) is 56.1 Å². The lowest BCUT2D eigenvalue weighted by molar-refractivity contribution is -0.123. The van der Waals surface area contributed by atoms with Crippen molar-refractivity contribution in [2.45, 2.75) is 45.1 Å². The fourth-order valence-corrected chi connectivity index (χ4v) is 5.76. The first-order valence-electron chi connectivity index (χ1n) is 15.1. The van der Waals surface area contributed by atoms with Gasteiger partial charge < -0.3 is 24.8 Å². The van der Waals surface area contributed by atoms with Gasteiger partial charge in [-0.05, 0) is 73.0 Å². The smallest absolute Gasteiger partial charge is 0.258 e. The van der Waals surface area contributed by atoms with Crippen LogP contribution in [0.4, 0.5) is 4.39 Å². The van der Waals surface area contributed by atoms with Crippen LogP contribution in [0.1, 0.15) is 35.0 Å². The van der Waals surface area contributed by atoms with Crippen LogP contribution in [0.3, 0.4) is 0 Å². The van der Waals surface area contributed by atoms with E-state index in [2.05, 4.69) is 20.6 Å². The average molecular weight is 614 g/mol. The fourth-order valence-electron chi connectivity index (χ4n) is 5.76. The monoisotopic (exact) mass is 613 g/mol. The molecule has 2 N–H and O–H groups in total. The third-order valence-electron chi connectivity index (χ3n) is 8.04. The summed E-state index contributed by atoms with van der Waals surface area (Å²) in [6, 6.07) is 18.5. The van der Waals surface area contributed by atoms with Crippen molar-refractivity contribution in [3.63, 3.8) is 0 Å². The van der Waals surface area contributed by atoms with Crippen molar-refractivity contribution in [2.75, 3.05) is 26.8 Å². The lowest BCUT2D eigenvalue weighted by Crippen LogP contribution is -2.56. The molecule has 0 spiro atoms. The lowest BCUT2D eigenvalue weighted by atomic mass is 9.99. The van der Waals surface area contributed by atoms with E-state index in [1.165, 1.54) is 12.1 Å². The topological polar surface area (TPSA) is 107 Å². The molecule has 10 nitrogen and oxygen atoms in total. The number of aromatic nitrogens is 2. The SMILES string of the molecule is CCn1ccc(CN2CC[C@H]3Oc4cc(F)cc(c4)CNC(=O)COc4cccc(c4)-c4cc(ccc4OC)C(=O)N[C@@H]3C2)n1. The van der Waals surface area contributed by atoms with Gasteiger partial charge in [-0.25, -0.2) is 4.39 Å². The van der Waals surface area contributed by atoms with E-state index >= 15 is 0 Å². The number of benzene rings is 3. The molecule has 45 heavy (non-hydrogen) atoms. The Kier molecular flexibility index (Phi) is 8.97. The number of nitrogens with zero attached hydrogens (tertiary/aromatic N) is 3. The van der Waals surface area contributed by atoms with Crippen molar-refractivity contribution in [1.29, 1.82) is 0 Å². The van der Waals surface area contributed by atoms with Crippen molar-refractivity contribution in [2.24, 2.45) is 0 Å². The number of ether oxygens (including phenoxy) is 3. The number of hydrogen-bond donors (Lipinski definition) is 2. The van der Waals surface area contributed by atoms with E-state index < -0.39 is 18.0 Å². The van der Waals surface area contributed by atoms with E-state index in [0.29, 0.717) is 60.0 Å². The molecule has 2 aliphatic rings. The summed E-state index contributed by atoms with van der Waals surface area (Å²) >= 11 is 0. The molecule has 1 fully saturated rings. The van der Waals surface area contributed by atoms with Gasteiger partial charge in [0.25, 0.3) is 11.8 Å². The number of carbonyl (C=O) groups is 2. The normalized spacial score (nSPS) is 19.0. The van der Waals surface area contributed by atoms with Gasteiger partial charge in [-0.3, -0.25) is 19.2 Å². The van der Waals surface area contributed by atoms with Gasteiger partial charge in [0.15, 0.2) is 6.61 Å². The Bertz CT molecular complexity index is 1690. The zero-order chi connectivity index (χ0) is 31.3. The summed E-state index contributed by atoms with van der Waals surface area (Å²) in [6.45, 7) is 4.55. The van der Waals surface area contributed by atoms with Crippen molar-refractivity contribution in [1.82, 2.24) is 25.3 Å². The van der Waals surface area contributed by atoms with Crippen LogP contribution in [0.5, 0.6) is 17.2 Å². The van der Waals surface area contributed by atoms with E-state index in [0.717, 1.165) is 17.8 Å². The molecule has 6 bridgehead atoms. The lowest BCUT2D eigenvalue weighted by Gasteiger charge is -2.38. The van der Waals surface area contributed by atoms with Gasteiger partial charge >= 0.3 is 0 Å². The zero-order valence-electron chi connectivity index (χ0n) is 25.3. The summed E-state index contributed by atoms with van der Waals surface area (Å²) in [4.78, 5) is 28.6. The molecule has 1 saturated heterocycles. The largest absolute Gasteiger partial charge is 0.496 e. The Labute approximate surface area is 261 Å². The van der Waals surface area contributed by atoms with Gasteiger partial charge in [0.1, 0.15) is 29.2 Å². The van der Waals surface area contributed by atoms with Crippen LogP contribution in [-0.2, 0) is 24.4 Å². The van der Waals surface area contributed by atoms with Crippen molar-refractivity contribution in [3.05, 3.63) is 95.6 Å². The minimum Gasteiger partial charge on any atom is -0.496 e. The standard InChI is InChI=1S/C34H36FN5O5/c1-3-40-12-9-26(38-40)19-39-11-10-32-30(20-39)37-34(42)24-7-8-31(43-2)29(16-24)23-5-4-6-27(15-23)44-21-33(41)36-18-22-13-25(35)17-28(14-22)45-32/h4-9,12-17,30,32H,3,10-11,18-21H2,1-2H3,(H,36,41)(H,37,42)/t30-,32-/m1/s1. The number of carbonyl (C=O) groups excluding carboxylic acids is 2. The number of aryl methyl sites for hydroxylation is 1. The van der Waals surface area contributed by atoms with Crippen LogP contribution in [0.25, 0.3) is 11.1 Å². The number of piperidine rings is 1. The van der Waals surface area contributed by atoms with E-state index in [1.54, 1.807) is 43.5 Å². The van der Waals surface area contributed by atoms with E-state index in [1.807, 2.05) is 36.0 Å². The number of rotatable bonds is 4.